The van der Waals surface area contributed by atoms with Crippen LogP contribution in [0.25, 0.3) is 0 Å². The Balaban J connectivity index is 2.20. The van der Waals surface area contributed by atoms with Crippen molar-refractivity contribution in [3.8, 4) is 0 Å². The second kappa shape index (κ2) is 6.49. The molecule has 1 saturated carbocycles. The average Bonchev–Trinajstić information content (AvgIpc) is 2.39. The van der Waals surface area contributed by atoms with Crippen LogP contribution in [-0.4, -0.2) is 18.6 Å². The van der Waals surface area contributed by atoms with Gasteiger partial charge in [0, 0.05) is 12.1 Å². The zero-order valence-electron chi connectivity index (χ0n) is 10.6. The SMILES string of the molecule is CC1CCCC(NCC(C)C(C)N)CC1. The molecule has 90 valence electrons. The highest BCUT2D eigenvalue weighted by Gasteiger charge is 2.16. The monoisotopic (exact) mass is 212 g/mol. The highest BCUT2D eigenvalue weighted by Crippen LogP contribution is 2.22. The second-order valence-corrected chi connectivity index (χ2v) is 5.55. The molecular weight excluding hydrogens is 184 g/mol. The first-order valence-corrected chi connectivity index (χ1v) is 6.58. The van der Waals surface area contributed by atoms with Crippen molar-refractivity contribution in [1.82, 2.24) is 5.32 Å². The second-order valence-electron chi connectivity index (χ2n) is 5.55. The Morgan fingerprint density at radius 2 is 1.93 bits per heavy atom. The van der Waals surface area contributed by atoms with Crippen molar-refractivity contribution in [1.29, 1.82) is 0 Å². The van der Waals surface area contributed by atoms with Crippen LogP contribution in [0.3, 0.4) is 0 Å². The summed E-state index contributed by atoms with van der Waals surface area (Å²) in [5, 5.41) is 3.68. The highest BCUT2D eigenvalue weighted by molar-refractivity contribution is 4.75. The van der Waals surface area contributed by atoms with Crippen LogP contribution in [0.1, 0.15) is 52.9 Å². The molecule has 1 aliphatic carbocycles. The largest absolute Gasteiger partial charge is 0.328 e. The van der Waals surface area contributed by atoms with Gasteiger partial charge in [-0.25, -0.2) is 0 Å². The molecule has 3 N–H and O–H groups in total. The number of nitrogens with one attached hydrogen (secondary N) is 1. The third kappa shape index (κ3) is 4.98. The lowest BCUT2D eigenvalue weighted by Crippen LogP contribution is -2.38. The van der Waals surface area contributed by atoms with E-state index in [9.17, 15) is 0 Å². The molecule has 0 aromatic rings. The molecule has 0 bridgehead atoms. The molecule has 0 saturated heterocycles. The van der Waals surface area contributed by atoms with Crippen LogP contribution in [0.2, 0.25) is 0 Å². The lowest BCUT2D eigenvalue weighted by atomic mass is 10.0. The standard InChI is InChI=1S/C13H28N2/c1-10-5-4-6-13(8-7-10)15-9-11(2)12(3)14/h10-13,15H,4-9,14H2,1-3H3. The van der Waals surface area contributed by atoms with Gasteiger partial charge in [-0.15, -0.1) is 0 Å². The quantitative estimate of drug-likeness (QED) is 0.703. The fraction of sp³-hybridized carbons (Fsp3) is 1.00. The molecular formula is C13H28N2. The summed E-state index contributed by atoms with van der Waals surface area (Å²) in [5.41, 5.74) is 5.86. The third-order valence-electron chi connectivity index (χ3n) is 3.88. The van der Waals surface area contributed by atoms with Gasteiger partial charge in [-0.2, -0.15) is 0 Å². The van der Waals surface area contributed by atoms with E-state index in [4.69, 9.17) is 5.73 Å². The summed E-state index contributed by atoms with van der Waals surface area (Å²) >= 11 is 0. The van der Waals surface area contributed by atoms with Crippen molar-refractivity contribution in [3.05, 3.63) is 0 Å². The molecule has 0 aliphatic heterocycles. The Hall–Kier alpha value is -0.0800. The van der Waals surface area contributed by atoms with Gasteiger partial charge in [0.1, 0.15) is 0 Å². The summed E-state index contributed by atoms with van der Waals surface area (Å²) in [7, 11) is 0. The maximum Gasteiger partial charge on any atom is 0.00672 e. The van der Waals surface area contributed by atoms with Crippen LogP contribution in [0, 0.1) is 11.8 Å². The number of hydrogen-bond acceptors (Lipinski definition) is 2. The first-order chi connectivity index (χ1) is 7.09. The van der Waals surface area contributed by atoms with Crippen LogP contribution < -0.4 is 11.1 Å². The Morgan fingerprint density at radius 1 is 1.20 bits per heavy atom. The molecule has 0 radical (unpaired) electrons. The summed E-state index contributed by atoms with van der Waals surface area (Å²) < 4.78 is 0. The first-order valence-electron chi connectivity index (χ1n) is 6.58. The lowest BCUT2D eigenvalue weighted by molar-refractivity contribution is 0.381. The van der Waals surface area contributed by atoms with Gasteiger partial charge in [0.05, 0.1) is 0 Å². The fourth-order valence-electron chi connectivity index (χ4n) is 2.23. The summed E-state index contributed by atoms with van der Waals surface area (Å²) in [6.07, 6.45) is 6.92. The Kier molecular flexibility index (Phi) is 5.62. The van der Waals surface area contributed by atoms with Crippen molar-refractivity contribution in [2.45, 2.75) is 65.0 Å². The van der Waals surface area contributed by atoms with E-state index in [1.54, 1.807) is 0 Å². The molecule has 1 rings (SSSR count). The summed E-state index contributed by atoms with van der Waals surface area (Å²) in [4.78, 5) is 0. The summed E-state index contributed by atoms with van der Waals surface area (Å²) in [5.74, 6) is 1.52. The van der Waals surface area contributed by atoms with Gasteiger partial charge in [-0.3, -0.25) is 0 Å². The van der Waals surface area contributed by atoms with Gasteiger partial charge in [0.15, 0.2) is 0 Å². The van der Waals surface area contributed by atoms with Crippen LogP contribution in [0.5, 0.6) is 0 Å². The van der Waals surface area contributed by atoms with Gasteiger partial charge in [-0.1, -0.05) is 26.7 Å². The van der Waals surface area contributed by atoms with E-state index in [0.717, 1.165) is 18.5 Å². The van der Waals surface area contributed by atoms with E-state index >= 15 is 0 Å². The van der Waals surface area contributed by atoms with Gasteiger partial charge in [0.25, 0.3) is 0 Å². The smallest absolute Gasteiger partial charge is 0.00672 e. The molecule has 0 amide bonds. The maximum atomic E-state index is 5.86. The molecule has 4 atom stereocenters. The Morgan fingerprint density at radius 3 is 2.60 bits per heavy atom. The van der Waals surface area contributed by atoms with Crippen molar-refractivity contribution in [2.24, 2.45) is 17.6 Å². The summed E-state index contributed by atoms with van der Waals surface area (Å²) in [6.45, 7) is 7.79. The molecule has 2 nitrogen and oxygen atoms in total. The molecule has 0 aromatic carbocycles. The van der Waals surface area contributed by atoms with Crippen molar-refractivity contribution < 1.29 is 0 Å². The van der Waals surface area contributed by atoms with Gasteiger partial charge >= 0.3 is 0 Å². The van der Waals surface area contributed by atoms with Crippen molar-refractivity contribution >= 4 is 0 Å². The van der Waals surface area contributed by atoms with Crippen LogP contribution in [0.4, 0.5) is 0 Å². The normalized spacial score (nSPS) is 32.0. The molecule has 15 heavy (non-hydrogen) atoms. The molecule has 0 aromatic heterocycles. The van der Waals surface area contributed by atoms with Gasteiger partial charge < -0.3 is 11.1 Å². The third-order valence-corrected chi connectivity index (χ3v) is 3.88. The van der Waals surface area contributed by atoms with Gasteiger partial charge in [0.2, 0.25) is 0 Å². The van der Waals surface area contributed by atoms with Crippen molar-refractivity contribution in [3.63, 3.8) is 0 Å². The molecule has 1 fully saturated rings. The van der Waals surface area contributed by atoms with E-state index in [2.05, 4.69) is 26.1 Å². The zero-order valence-corrected chi connectivity index (χ0v) is 10.6. The zero-order chi connectivity index (χ0) is 11.3. The average molecular weight is 212 g/mol. The molecule has 4 unspecified atom stereocenters. The highest BCUT2D eigenvalue weighted by atomic mass is 14.9. The van der Waals surface area contributed by atoms with Crippen LogP contribution in [0.15, 0.2) is 0 Å². The maximum absolute atomic E-state index is 5.86. The number of nitrogens with two attached hydrogens (primary N) is 1. The van der Waals surface area contributed by atoms with Crippen LogP contribution >= 0.6 is 0 Å². The van der Waals surface area contributed by atoms with E-state index in [1.807, 2.05) is 0 Å². The van der Waals surface area contributed by atoms with E-state index in [1.165, 1.54) is 32.1 Å². The fourth-order valence-corrected chi connectivity index (χ4v) is 2.23. The van der Waals surface area contributed by atoms with Crippen molar-refractivity contribution in [2.75, 3.05) is 6.54 Å². The lowest BCUT2D eigenvalue weighted by Gasteiger charge is -2.21. The minimum absolute atomic E-state index is 0.308. The van der Waals surface area contributed by atoms with E-state index < -0.39 is 0 Å². The minimum Gasteiger partial charge on any atom is -0.328 e. The first kappa shape index (κ1) is 13.0. The molecule has 0 spiro atoms. The molecule has 2 heteroatoms. The summed E-state index contributed by atoms with van der Waals surface area (Å²) in [6, 6.07) is 1.05. The van der Waals surface area contributed by atoms with E-state index in [0.29, 0.717) is 12.0 Å². The topological polar surface area (TPSA) is 38.0 Å². The van der Waals surface area contributed by atoms with Crippen LogP contribution in [-0.2, 0) is 0 Å². The molecule has 0 heterocycles. The Labute approximate surface area is 95.0 Å². The van der Waals surface area contributed by atoms with Gasteiger partial charge in [-0.05, 0) is 44.6 Å². The number of hydrogen-bond donors (Lipinski definition) is 2. The predicted octanol–water partition coefficient (Wildman–Crippen LogP) is 2.53. The number of rotatable bonds is 4. The predicted molar refractivity (Wildman–Crippen MR) is 66.9 cm³/mol. The Bertz CT molecular complexity index is 168. The minimum atomic E-state index is 0.308. The molecule has 1 aliphatic rings. The van der Waals surface area contributed by atoms with E-state index in [-0.39, 0.29) is 0 Å².